The number of anilines is 2. The Balaban J connectivity index is 0.00000342. The van der Waals surface area contributed by atoms with Crippen LogP contribution < -0.4 is 5.32 Å². The van der Waals surface area contributed by atoms with Crippen LogP contribution in [-0.2, 0) is 44.4 Å². The predicted molar refractivity (Wildman–Crippen MR) is 128 cm³/mol. The summed E-state index contributed by atoms with van der Waals surface area (Å²) in [5.41, 5.74) is 1.55. The number of nitrogens with zero attached hydrogens (tertiary/aromatic N) is 2. The number of ketones is 1. The fraction of sp³-hybridized carbons (Fsp3) is 0.160. The standard InChI is InChI=1S/C25H21F3N3O2S.Mn/c1-3-23(32)16-8-13-22-21(14-16)30-24(29-18-9-11-19(12-10-18)34(2)33)31(22)15-17-6-4-5-7-20(17)25(26,27)28;/h4-14H,2-3,15H2,1H3,(H,29,30);/q-1;. The quantitative estimate of drug-likeness (QED) is 0.132. The number of hydrogen-bond acceptors (Lipinski definition) is 5. The molecule has 4 aromatic rings. The third-order valence-electron chi connectivity index (χ3n) is 5.42. The summed E-state index contributed by atoms with van der Waals surface area (Å²) in [5.74, 6) is 3.75. The fourth-order valence-corrected chi connectivity index (χ4v) is 4.13. The molecule has 0 amide bonds. The topological polar surface area (TPSA) is 64.0 Å². The largest absolute Gasteiger partial charge is 0.457 e. The smallest absolute Gasteiger partial charge is 0.416 e. The Morgan fingerprint density at radius 3 is 2.40 bits per heavy atom. The van der Waals surface area contributed by atoms with Crippen molar-refractivity contribution < 1.29 is 39.2 Å². The summed E-state index contributed by atoms with van der Waals surface area (Å²) < 4.78 is 54.0. The number of nitrogens with one attached hydrogen (secondary N) is 1. The van der Waals surface area contributed by atoms with E-state index in [4.69, 9.17) is 0 Å². The summed E-state index contributed by atoms with van der Waals surface area (Å²) >= 11 is 0. The first-order valence-corrected chi connectivity index (χ1v) is 11.8. The fourth-order valence-electron chi connectivity index (χ4n) is 3.69. The summed E-state index contributed by atoms with van der Waals surface area (Å²) in [5, 5.41) is 3.14. The monoisotopic (exact) mass is 539 g/mol. The van der Waals surface area contributed by atoms with Gasteiger partial charge in [-0.25, -0.2) is 4.98 Å². The minimum absolute atomic E-state index is 0. The molecule has 0 aliphatic heterocycles. The zero-order chi connectivity index (χ0) is 24.5. The Morgan fingerprint density at radius 2 is 1.77 bits per heavy atom. The van der Waals surface area contributed by atoms with E-state index in [1.54, 1.807) is 60.0 Å². The first-order chi connectivity index (χ1) is 16.2. The number of aromatic nitrogens is 2. The first kappa shape index (κ1) is 26.5. The van der Waals surface area contributed by atoms with E-state index in [2.05, 4.69) is 16.2 Å². The van der Waals surface area contributed by atoms with Crippen molar-refractivity contribution in [1.82, 2.24) is 9.55 Å². The Bertz CT molecular complexity index is 1440. The van der Waals surface area contributed by atoms with Gasteiger partial charge in [0, 0.05) is 34.7 Å². The molecular formula is C25H21F3MnN3O2S-. The van der Waals surface area contributed by atoms with Crippen LogP contribution in [0.4, 0.5) is 24.8 Å². The van der Waals surface area contributed by atoms with E-state index in [0.717, 1.165) is 6.07 Å². The molecule has 1 aromatic heterocycles. The number of alkyl halides is 3. The predicted octanol–water partition coefficient (Wildman–Crippen LogP) is 6.19. The molecular weight excluding hydrogens is 518 g/mol. The van der Waals surface area contributed by atoms with E-state index in [-0.39, 0.29) is 35.0 Å². The van der Waals surface area contributed by atoms with Crippen molar-refractivity contribution in [2.75, 3.05) is 5.32 Å². The molecule has 0 unspecified atom stereocenters. The van der Waals surface area contributed by atoms with Crippen molar-refractivity contribution >= 4 is 44.7 Å². The van der Waals surface area contributed by atoms with Gasteiger partial charge >= 0.3 is 6.18 Å². The average Bonchev–Trinajstić information content (AvgIpc) is 3.14. The van der Waals surface area contributed by atoms with Crippen LogP contribution in [0.2, 0.25) is 0 Å². The Morgan fingerprint density at radius 1 is 1.09 bits per heavy atom. The van der Waals surface area contributed by atoms with Crippen LogP contribution in [0.5, 0.6) is 0 Å². The van der Waals surface area contributed by atoms with Gasteiger partial charge in [0.1, 0.15) is 0 Å². The first-order valence-electron chi connectivity index (χ1n) is 10.4. The van der Waals surface area contributed by atoms with Gasteiger partial charge in [-0.15, -0.1) is 4.90 Å². The van der Waals surface area contributed by atoms with E-state index in [0.29, 0.717) is 39.5 Å². The Labute approximate surface area is 212 Å². The van der Waals surface area contributed by atoms with Gasteiger partial charge in [-0.3, -0.25) is 15.2 Å². The molecule has 0 saturated heterocycles. The summed E-state index contributed by atoms with van der Waals surface area (Å²) in [6.45, 7) is 1.67. The molecule has 1 N–H and O–H groups in total. The summed E-state index contributed by atoms with van der Waals surface area (Å²) in [7, 11) is -1.38. The Hall–Kier alpha value is -3.07. The molecule has 0 fully saturated rings. The van der Waals surface area contributed by atoms with Crippen molar-refractivity contribution in [1.29, 1.82) is 0 Å². The minimum atomic E-state index is -4.50. The van der Waals surface area contributed by atoms with Gasteiger partial charge in [0.2, 0.25) is 5.95 Å². The number of imidazole rings is 1. The van der Waals surface area contributed by atoms with Gasteiger partial charge in [-0.05, 0) is 42.0 Å². The molecule has 1 heterocycles. The SMILES string of the molecule is C=[S-](=O)c1ccc(Nc2nc3cc(C(=O)CC)ccc3n2Cc2ccccc2C(F)(F)F)cc1.[Mn]. The molecule has 5 nitrogen and oxygen atoms in total. The summed E-state index contributed by atoms with van der Waals surface area (Å²) in [4.78, 5) is 17.3. The second-order valence-electron chi connectivity index (χ2n) is 7.65. The molecule has 4 rings (SSSR count). The van der Waals surface area contributed by atoms with Crippen LogP contribution >= 0.6 is 0 Å². The molecule has 1 radical (unpaired) electrons. The van der Waals surface area contributed by atoms with Gasteiger partial charge in [0.25, 0.3) is 0 Å². The third kappa shape index (κ3) is 5.78. The summed E-state index contributed by atoms with van der Waals surface area (Å²) in [6.07, 6.45) is -4.17. The maximum Gasteiger partial charge on any atom is 0.416 e. The molecule has 3 aromatic carbocycles. The molecule has 10 heteroatoms. The van der Waals surface area contributed by atoms with Gasteiger partial charge < -0.3 is 14.1 Å². The molecule has 0 aliphatic carbocycles. The number of carbonyl (C=O) groups excluding carboxylic acids is 1. The van der Waals surface area contributed by atoms with Gasteiger partial charge in [-0.2, -0.15) is 19.0 Å². The molecule has 0 atom stereocenters. The molecule has 0 aliphatic rings. The zero-order valence-electron chi connectivity index (χ0n) is 18.6. The summed E-state index contributed by atoms with van der Waals surface area (Å²) in [6, 6.07) is 17.1. The number of benzene rings is 3. The van der Waals surface area contributed by atoms with E-state index in [1.807, 2.05) is 0 Å². The Kier molecular flexibility index (Phi) is 8.10. The molecule has 0 saturated carbocycles. The van der Waals surface area contributed by atoms with Crippen LogP contribution in [0.1, 0.15) is 34.8 Å². The van der Waals surface area contributed by atoms with Crippen LogP contribution in [-0.4, -0.2) is 21.2 Å². The number of Topliss-reactive ketones (excluding diaryl/α,β-unsaturated/α-hetero) is 1. The van der Waals surface area contributed by atoms with E-state index in [9.17, 15) is 22.2 Å². The van der Waals surface area contributed by atoms with E-state index >= 15 is 0 Å². The normalized spacial score (nSPS) is 11.5. The van der Waals surface area contributed by atoms with Crippen molar-refractivity contribution in [3.05, 3.63) is 83.4 Å². The van der Waals surface area contributed by atoms with Gasteiger partial charge in [-0.1, -0.05) is 37.3 Å². The maximum atomic E-state index is 13.6. The van der Waals surface area contributed by atoms with E-state index < -0.39 is 22.1 Å². The van der Waals surface area contributed by atoms with Gasteiger partial charge in [0.15, 0.2) is 5.78 Å². The van der Waals surface area contributed by atoms with E-state index in [1.165, 1.54) is 12.1 Å². The number of hydrogen-bond donors (Lipinski definition) is 1. The van der Waals surface area contributed by atoms with Crippen LogP contribution in [0, 0.1) is 0 Å². The number of halogens is 3. The van der Waals surface area contributed by atoms with Gasteiger partial charge in [0.05, 0.1) is 23.1 Å². The molecule has 0 bridgehead atoms. The van der Waals surface area contributed by atoms with Crippen LogP contribution in [0.25, 0.3) is 11.0 Å². The van der Waals surface area contributed by atoms with Crippen molar-refractivity contribution in [2.24, 2.45) is 0 Å². The average molecular weight is 539 g/mol. The van der Waals surface area contributed by atoms with Crippen molar-refractivity contribution in [2.45, 2.75) is 31.0 Å². The number of carbonyl (C=O) groups is 1. The van der Waals surface area contributed by atoms with Crippen molar-refractivity contribution in [3.8, 4) is 0 Å². The molecule has 183 valence electrons. The number of rotatable bonds is 7. The number of fused-ring (bicyclic) bond motifs is 1. The minimum Gasteiger partial charge on any atom is -0.457 e. The second kappa shape index (κ2) is 10.7. The third-order valence-corrected chi connectivity index (χ3v) is 6.21. The van der Waals surface area contributed by atoms with Crippen LogP contribution in [0.3, 0.4) is 0 Å². The van der Waals surface area contributed by atoms with Crippen LogP contribution in [0.15, 0.2) is 71.6 Å². The molecule has 35 heavy (non-hydrogen) atoms. The molecule has 0 spiro atoms. The van der Waals surface area contributed by atoms with Crippen molar-refractivity contribution in [3.63, 3.8) is 0 Å². The second-order valence-corrected chi connectivity index (χ2v) is 8.81. The maximum absolute atomic E-state index is 13.6. The zero-order valence-corrected chi connectivity index (χ0v) is 20.6.